The Hall–Kier alpha value is -3.04. The second-order valence-corrected chi connectivity index (χ2v) is 12.1. The Morgan fingerprint density at radius 1 is 1.11 bits per heavy atom. The van der Waals surface area contributed by atoms with Gasteiger partial charge in [-0.25, -0.2) is 0 Å². The van der Waals surface area contributed by atoms with Crippen molar-refractivity contribution in [3.8, 4) is 6.07 Å². The maximum Gasteiger partial charge on any atom is 0.270 e. The molecule has 3 aromatic rings. The van der Waals surface area contributed by atoms with Gasteiger partial charge in [-0.3, -0.25) is 24.6 Å². The smallest absolute Gasteiger partial charge is 0.270 e. The molecule has 0 radical (unpaired) electrons. The third-order valence-electron chi connectivity index (χ3n) is 7.08. The number of nitrogens with zero attached hydrogens (tertiary/aromatic N) is 4. The van der Waals surface area contributed by atoms with Gasteiger partial charge in [0.05, 0.1) is 22.1 Å². The van der Waals surface area contributed by atoms with E-state index < -0.39 is 4.92 Å². The molecular formula is C26H26ClN5O4S2. The Kier molecular flexibility index (Phi) is 7.95. The number of nitro benzene ring substituents is 1. The van der Waals surface area contributed by atoms with Gasteiger partial charge in [0.1, 0.15) is 15.9 Å². The van der Waals surface area contributed by atoms with Crippen molar-refractivity contribution in [2.75, 3.05) is 38.0 Å². The number of anilines is 1. The number of hydrogen-bond donors (Lipinski definition) is 1. The summed E-state index contributed by atoms with van der Waals surface area (Å²) >= 11 is 9.15. The summed E-state index contributed by atoms with van der Waals surface area (Å²) in [5, 5.41) is 25.4. The first kappa shape index (κ1) is 26.6. The molecule has 2 amide bonds. The van der Waals surface area contributed by atoms with Gasteiger partial charge < -0.3 is 10.2 Å². The van der Waals surface area contributed by atoms with Crippen molar-refractivity contribution in [1.29, 1.82) is 5.26 Å². The van der Waals surface area contributed by atoms with Crippen LogP contribution in [0.15, 0.2) is 18.2 Å². The first-order valence-electron chi connectivity index (χ1n) is 12.6. The van der Waals surface area contributed by atoms with E-state index in [9.17, 15) is 25.0 Å². The topological polar surface area (TPSA) is 120 Å². The van der Waals surface area contributed by atoms with Gasteiger partial charge in [0.15, 0.2) is 0 Å². The minimum Gasteiger partial charge on any atom is -0.335 e. The number of nitrogens with one attached hydrogen (secondary N) is 1. The fourth-order valence-corrected chi connectivity index (χ4v) is 7.82. The van der Waals surface area contributed by atoms with Crippen LogP contribution in [0.4, 0.5) is 10.7 Å². The summed E-state index contributed by atoms with van der Waals surface area (Å²) in [6.07, 6.45) is 6.41. The van der Waals surface area contributed by atoms with E-state index in [4.69, 9.17) is 11.6 Å². The van der Waals surface area contributed by atoms with Crippen molar-refractivity contribution in [3.05, 3.63) is 54.2 Å². The number of hydrogen-bond acceptors (Lipinski definition) is 8. The number of nitro groups is 1. The van der Waals surface area contributed by atoms with Gasteiger partial charge in [-0.2, -0.15) is 5.26 Å². The van der Waals surface area contributed by atoms with E-state index in [0.717, 1.165) is 42.6 Å². The summed E-state index contributed by atoms with van der Waals surface area (Å²) in [7, 11) is 0. The van der Waals surface area contributed by atoms with Gasteiger partial charge in [0.2, 0.25) is 5.91 Å². The van der Waals surface area contributed by atoms with Crippen molar-refractivity contribution in [1.82, 2.24) is 9.80 Å². The molecule has 198 valence electrons. The molecule has 2 aliphatic rings. The molecule has 0 unspecified atom stereocenters. The van der Waals surface area contributed by atoms with Crippen LogP contribution in [0.25, 0.3) is 10.1 Å². The molecule has 0 bridgehead atoms. The molecule has 1 aliphatic carbocycles. The molecule has 1 saturated heterocycles. The van der Waals surface area contributed by atoms with Crippen molar-refractivity contribution in [2.24, 2.45) is 0 Å². The Bertz CT molecular complexity index is 1450. The van der Waals surface area contributed by atoms with Gasteiger partial charge >= 0.3 is 0 Å². The predicted octanol–water partition coefficient (Wildman–Crippen LogP) is 5.45. The molecule has 1 N–H and O–H groups in total. The maximum atomic E-state index is 13.2. The Morgan fingerprint density at radius 3 is 2.55 bits per heavy atom. The number of non-ortho nitro benzene ring substituents is 1. The lowest BCUT2D eigenvalue weighted by Crippen LogP contribution is -2.50. The number of piperazine rings is 1. The number of carbonyl (C=O) groups is 2. The van der Waals surface area contributed by atoms with Crippen LogP contribution in [0.3, 0.4) is 0 Å². The largest absolute Gasteiger partial charge is 0.335 e. The molecule has 9 nitrogen and oxygen atoms in total. The molecule has 0 atom stereocenters. The minimum absolute atomic E-state index is 0.0445. The second kappa shape index (κ2) is 11.4. The number of aryl methyl sites for hydroxylation is 1. The minimum atomic E-state index is -0.472. The van der Waals surface area contributed by atoms with Crippen molar-refractivity contribution < 1.29 is 14.5 Å². The number of nitriles is 1. The maximum absolute atomic E-state index is 13.2. The molecule has 0 spiro atoms. The molecule has 1 fully saturated rings. The zero-order valence-electron chi connectivity index (χ0n) is 20.6. The zero-order valence-corrected chi connectivity index (χ0v) is 23.0. The highest BCUT2D eigenvalue weighted by Crippen LogP contribution is 2.38. The average molecular weight is 572 g/mol. The predicted molar refractivity (Wildman–Crippen MR) is 149 cm³/mol. The lowest BCUT2D eigenvalue weighted by Gasteiger charge is -2.34. The van der Waals surface area contributed by atoms with Crippen LogP contribution >= 0.6 is 34.3 Å². The van der Waals surface area contributed by atoms with Crippen LogP contribution in [0.5, 0.6) is 0 Å². The van der Waals surface area contributed by atoms with E-state index in [1.54, 1.807) is 11.0 Å². The highest BCUT2D eigenvalue weighted by Gasteiger charge is 2.28. The number of fused-ring (bicyclic) bond motifs is 2. The summed E-state index contributed by atoms with van der Waals surface area (Å²) in [4.78, 5) is 41.9. The summed E-state index contributed by atoms with van der Waals surface area (Å²) in [6, 6.07) is 6.70. The summed E-state index contributed by atoms with van der Waals surface area (Å²) in [5.41, 5.74) is 1.67. The third-order valence-corrected chi connectivity index (χ3v) is 9.93. The number of carbonyl (C=O) groups excluding carboxylic acids is 2. The van der Waals surface area contributed by atoms with Crippen molar-refractivity contribution in [2.45, 2.75) is 38.5 Å². The number of amides is 2. The summed E-state index contributed by atoms with van der Waals surface area (Å²) in [6.45, 7) is 2.11. The van der Waals surface area contributed by atoms with E-state index in [1.165, 1.54) is 41.2 Å². The highest BCUT2D eigenvalue weighted by molar-refractivity contribution is 7.21. The van der Waals surface area contributed by atoms with Gasteiger partial charge in [-0.1, -0.05) is 24.4 Å². The third kappa shape index (κ3) is 5.40. The Balaban J connectivity index is 1.19. The molecule has 2 aromatic heterocycles. The summed E-state index contributed by atoms with van der Waals surface area (Å²) in [5.74, 6) is -0.373. The fourth-order valence-electron chi connectivity index (χ4n) is 5.05. The second-order valence-electron chi connectivity index (χ2n) is 9.53. The first-order valence-corrected chi connectivity index (χ1v) is 14.6. The van der Waals surface area contributed by atoms with Crippen LogP contribution in [-0.4, -0.2) is 59.3 Å². The van der Waals surface area contributed by atoms with E-state index in [2.05, 4.69) is 11.4 Å². The van der Waals surface area contributed by atoms with Crippen molar-refractivity contribution in [3.63, 3.8) is 0 Å². The van der Waals surface area contributed by atoms with Crippen LogP contribution in [-0.2, 0) is 17.6 Å². The van der Waals surface area contributed by atoms with Gasteiger partial charge in [-0.15, -0.1) is 22.7 Å². The number of rotatable bonds is 5. The van der Waals surface area contributed by atoms with E-state index in [0.29, 0.717) is 56.7 Å². The fraction of sp³-hybridized carbons (Fsp3) is 0.423. The standard InChI is InChI=1S/C26H26ClN5O4S2/c27-23-18-8-7-16(32(35)36)13-21(18)37-24(23)26(34)31-11-9-30(10-12-31)15-22(33)29-25-19(14-28)17-5-3-1-2-4-6-20(17)38-25/h7-8,13H,1-6,9-12,15H2,(H,29,33). The van der Waals surface area contributed by atoms with E-state index in [1.807, 2.05) is 4.90 Å². The first-order chi connectivity index (χ1) is 18.4. The molecular weight excluding hydrogens is 546 g/mol. The Morgan fingerprint density at radius 2 is 1.84 bits per heavy atom. The molecule has 1 aromatic carbocycles. The van der Waals surface area contributed by atoms with Gasteiger partial charge in [0.25, 0.3) is 11.6 Å². The van der Waals surface area contributed by atoms with Gasteiger partial charge in [-0.05, 0) is 37.3 Å². The van der Waals surface area contributed by atoms with Crippen LogP contribution in [0, 0.1) is 21.4 Å². The lowest BCUT2D eigenvalue weighted by atomic mass is 9.97. The lowest BCUT2D eigenvalue weighted by molar-refractivity contribution is -0.384. The Labute approximate surface area is 232 Å². The SMILES string of the molecule is N#Cc1c(NC(=O)CN2CCN(C(=O)c3sc4cc([N+](=O)[O-])ccc4c3Cl)CC2)sc2c1CCCCCC2. The zero-order chi connectivity index (χ0) is 26.8. The number of benzene rings is 1. The van der Waals surface area contributed by atoms with Crippen LogP contribution < -0.4 is 5.32 Å². The summed E-state index contributed by atoms with van der Waals surface area (Å²) < 4.78 is 0.598. The number of thiophene rings is 2. The molecule has 38 heavy (non-hydrogen) atoms. The molecule has 1 aliphatic heterocycles. The normalized spacial score (nSPS) is 16.4. The molecule has 12 heteroatoms. The quantitative estimate of drug-likeness (QED) is 0.321. The molecule has 5 rings (SSSR count). The number of halogens is 1. The van der Waals surface area contributed by atoms with E-state index in [-0.39, 0.29) is 24.0 Å². The van der Waals surface area contributed by atoms with Crippen LogP contribution in [0.2, 0.25) is 5.02 Å². The molecule has 3 heterocycles. The monoisotopic (exact) mass is 571 g/mol. The van der Waals surface area contributed by atoms with Gasteiger partial charge in [0, 0.05) is 53.3 Å². The highest BCUT2D eigenvalue weighted by atomic mass is 35.5. The van der Waals surface area contributed by atoms with E-state index >= 15 is 0 Å². The molecule has 0 saturated carbocycles. The van der Waals surface area contributed by atoms with Crippen molar-refractivity contribution >= 4 is 66.9 Å². The average Bonchev–Trinajstić information content (AvgIpc) is 3.39. The van der Waals surface area contributed by atoms with Crippen LogP contribution in [0.1, 0.15) is 51.4 Å².